The quantitative estimate of drug-likeness (QED) is 0.316. The first kappa shape index (κ1) is 24.0. The number of carbonyl (C=O) groups excluding carboxylic acids is 2. The van der Waals surface area contributed by atoms with E-state index < -0.39 is 11.7 Å². The molecule has 3 N–H and O–H groups in total. The highest BCUT2D eigenvalue weighted by Gasteiger charge is 2.39. The van der Waals surface area contributed by atoms with Gasteiger partial charge in [-0.25, -0.2) is 0 Å². The maximum Gasteiger partial charge on any atom is 0.158 e. The molecular weight excluding hydrogens is 344 g/mol. The third kappa shape index (κ3) is 9.13. The van der Waals surface area contributed by atoms with Gasteiger partial charge in [0.25, 0.3) is 0 Å². The number of aliphatic hydroxyl groups is 3. The Morgan fingerprint density at radius 1 is 1.22 bits per heavy atom. The number of ketones is 2. The van der Waals surface area contributed by atoms with Crippen molar-refractivity contribution in [3.63, 3.8) is 0 Å². The van der Waals surface area contributed by atoms with Crippen molar-refractivity contribution in [1.82, 2.24) is 0 Å². The molecule has 0 radical (unpaired) electrons. The molecule has 1 fully saturated rings. The molecule has 0 saturated heterocycles. The molecular formula is C22H38O5. The summed E-state index contributed by atoms with van der Waals surface area (Å²) in [7, 11) is 0. The molecule has 1 rings (SSSR count). The first-order valence-corrected chi connectivity index (χ1v) is 10.5. The number of unbranched alkanes of at least 4 members (excludes halogenated alkanes) is 4. The zero-order valence-electron chi connectivity index (χ0n) is 17.0. The van der Waals surface area contributed by atoms with E-state index in [1.54, 1.807) is 0 Å². The van der Waals surface area contributed by atoms with Crippen LogP contribution in [0.5, 0.6) is 0 Å². The summed E-state index contributed by atoms with van der Waals surface area (Å²) in [6.45, 7) is 3.55. The minimum absolute atomic E-state index is 0.121. The van der Waals surface area contributed by atoms with E-state index in [0.717, 1.165) is 51.4 Å². The van der Waals surface area contributed by atoms with Crippen molar-refractivity contribution in [3.8, 4) is 0 Å². The third-order valence-electron chi connectivity index (χ3n) is 5.61. The van der Waals surface area contributed by atoms with E-state index in [1.165, 1.54) is 0 Å². The van der Waals surface area contributed by atoms with Gasteiger partial charge in [0.1, 0.15) is 12.4 Å². The van der Waals surface area contributed by atoms with E-state index >= 15 is 0 Å². The summed E-state index contributed by atoms with van der Waals surface area (Å²) in [5.74, 6) is -0.291. The molecule has 156 valence electrons. The van der Waals surface area contributed by atoms with Crippen LogP contribution in [0.4, 0.5) is 0 Å². The van der Waals surface area contributed by atoms with Gasteiger partial charge < -0.3 is 15.3 Å². The standard InChI is InChI=1S/C22H38O5/c1-3-4-13-22(2,27)14-9-12-19-18(20(25)15-21(19)26)11-8-6-5-7-10-17(24)16-23/h9,12,18-19,21,23,26-27H,3-8,10-11,13-16H2,1-2H3/b12-9+/t18-,19-,21-,22?/m1/s1. The fourth-order valence-electron chi connectivity index (χ4n) is 3.85. The second kappa shape index (κ2) is 12.4. The fourth-order valence-corrected chi connectivity index (χ4v) is 3.85. The molecule has 0 spiro atoms. The summed E-state index contributed by atoms with van der Waals surface area (Å²) in [6.07, 6.45) is 11.5. The van der Waals surface area contributed by atoms with Gasteiger partial charge >= 0.3 is 0 Å². The van der Waals surface area contributed by atoms with E-state index in [0.29, 0.717) is 12.8 Å². The molecule has 5 heteroatoms. The first-order valence-electron chi connectivity index (χ1n) is 10.5. The molecule has 1 aliphatic carbocycles. The highest BCUT2D eigenvalue weighted by molar-refractivity contribution is 5.84. The Kier molecular flexibility index (Phi) is 11.0. The molecule has 0 aromatic carbocycles. The summed E-state index contributed by atoms with van der Waals surface area (Å²) < 4.78 is 0. The Bertz CT molecular complexity index is 483. The lowest BCUT2D eigenvalue weighted by molar-refractivity contribution is -0.122. The van der Waals surface area contributed by atoms with Crippen LogP contribution in [0.3, 0.4) is 0 Å². The minimum Gasteiger partial charge on any atom is -0.392 e. The number of aliphatic hydroxyl groups excluding tert-OH is 2. The highest BCUT2D eigenvalue weighted by Crippen LogP contribution is 2.34. The van der Waals surface area contributed by atoms with Crippen molar-refractivity contribution < 1.29 is 24.9 Å². The zero-order chi connectivity index (χ0) is 20.3. The molecule has 4 atom stereocenters. The fraction of sp³-hybridized carbons (Fsp3) is 0.818. The van der Waals surface area contributed by atoms with E-state index in [1.807, 2.05) is 19.1 Å². The van der Waals surface area contributed by atoms with Crippen molar-refractivity contribution in [3.05, 3.63) is 12.2 Å². The van der Waals surface area contributed by atoms with Gasteiger partial charge in [0, 0.05) is 24.7 Å². The van der Waals surface area contributed by atoms with Gasteiger partial charge in [-0.2, -0.15) is 0 Å². The summed E-state index contributed by atoms with van der Waals surface area (Å²) in [5.41, 5.74) is -0.735. The monoisotopic (exact) mass is 382 g/mol. The van der Waals surface area contributed by atoms with Gasteiger partial charge in [-0.05, 0) is 32.6 Å². The van der Waals surface area contributed by atoms with Crippen LogP contribution in [0.25, 0.3) is 0 Å². The second-order valence-electron chi connectivity index (χ2n) is 8.30. The predicted octanol–water partition coefficient (Wildman–Crippen LogP) is 3.34. The molecule has 1 aliphatic rings. The van der Waals surface area contributed by atoms with Crippen LogP contribution in [-0.4, -0.2) is 45.2 Å². The van der Waals surface area contributed by atoms with Crippen LogP contribution in [0.15, 0.2) is 12.2 Å². The van der Waals surface area contributed by atoms with Crippen molar-refractivity contribution in [1.29, 1.82) is 0 Å². The van der Waals surface area contributed by atoms with Crippen molar-refractivity contribution >= 4 is 11.6 Å². The lowest BCUT2D eigenvalue weighted by Gasteiger charge is -2.22. The van der Waals surface area contributed by atoms with Gasteiger partial charge in [-0.15, -0.1) is 0 Å². The molecule has 1 unspecified atom stereocenters. The second-order valence-corrected chi connectivity index (χ2v) is 8.30. The molecule has 1 saturated carbocycles. The molecule has 0 aliphatic heterocycles. The molecule has 0 aromatic rings. The lowest BCUT2D eigenvalue weighted by Crippen LogP contribution is -2.23. The van der Waals surface area contributed by atoms with Gasteiger partial charge in [0.2, 0.25) is 0 Å². The molecule has 0 aromatic heterocycles. The molecule has 5 nitrogen and oxygen atoms in total. The Morgan fingerprint density at radius 3 is 2.59 bits per heavy atom. The van der Waals surface area contributed by atoms with Crippen molar-refractivity contribution in [2.75, 3.05) is 6.61 Å². The Balaban J connectivity index is 2.42. The minimum atomic E-state index is -0.735. The number of hydrogen-bond donors (Lipinski definition) is 3. The van der Waals surface area contributed by atoms with Gasteiger partial charge in [-0.1, -0.05) is 51.2 Å². The summed E-state index contributed by atoms with van der Waals surface area (Å²) in [6, 6.07) is 0. The van der Waals surface area contributed by atoms with Gasteiger partial charge in [-0.3, -0.25) is 9.59 Å². The van der Waals surface area contributed by atoms with Crippen LogP contribution in [0, 0.1) is 11.8 Å². The Morgan fingerprint density at radius 2 is 1.93 bits per heavy atom. The van der Waals surface area contributed by atoms with Crippen molar-refractivity contribution in [2.45, 2.75) is 96.2 Å². The predicted molar refractivity (Wildman–Crippen MR) is 106 cm³/mol. The van der Waals surface area contributed by atoms with Crippen LogP contribution in [0.1, 0.15) is 84.5 Å². The number of carbonyl (C=O) groups is 2. The summed E-state index contributed by atoms with van der Waals surface area (Å²) >= 11 is 0. The molecule has 0 heterocycles. The van der Waals surface area contributed by atoms with Gasteiger partial charge in [0.05, 0.1) is 11.7 Å². The molecule has 0 bridgehead atoms. The maximum absolute atomic E-state index is 12.2. The van der Waals surface area contributed by atoms with Gasteiger partial charge in [0.15, 0.2) is 5.78 Å². The average Bonchev–Trinajstić information content (AvgIpc) is 2.89. The van der Waals surface area contributed by atoms with E-state index in [2.05, 4.69) is 6.92 Å². The van der Waals surface area contributed by atoms with E-state index in [4.69, 9.17) is 5.11 Å². The number of hydrogen-bond acceptors (Lipinski definition) is 5. The molecule has 0 amide bonds. The Hall–Kier alpha value is -1.04. The van der Waals surface area contributed by atoms with Crippen LogP contribution in [-0.2, 0) is 9.59 Å². The SMILES string of the molecule is CCCCC(C)(O)C/C=C/[C@H]1[C@H](O)CC(=O)[C@@H]1CCCCCCC(=O)CO. The summed E-state index contributed by atoms with van der Waals surface area (Å²) in [5, 5.41) is 29.3. The lowest BCUT2D eigenvalue weighted by atomic mass is 9.87. The molecule has 27 heavy (non-hydrogen) atoms. The van der Waals surface area contributed by atoms with E-state index in [-0.39, 0.29) is 36.4 Å². The van der Waals surface area contributed by atoms with Crippen LogP contribution >= 0.6 is 0 Å². The third-order valence-corrected chi connectivity index (χ3v) is 5.61. The first-order chi connectivity index (χ1) is 12.8. The average molecular weight is 383 g/mol. The normalized spacial score (nSPS) is 25.2. The van der Waals surface area contributed by atoms with Crippen LogP contribution < -0.4 is 0 Å². The highest BCUT2D eigenvalue weighted by atomic mass is 16.3. The number of rotatable bonds is 14. The van der Waals surface area contributed by atoms with E-state index in [9.17, 15) is 19.8 Å². The zero-order valence-corrected chi connectivity index (χ0v) is 17.0. The van der Waals surface area contributed by atoms with Crippen LogP contribution in [0.2, 0.25) is 0 Å². The Labute approximate surface area is 163 Å². The maximum atomic E-state index is 12.2. The topological polar surface area (TPSA) is 94.8 Å². The summed E-state index contributed by atoms with van der Waals surface area (Å²) in [4.78, 5) is 23.3. The largest absolute Gasteiger partial charge is 0.392 e. The smallest absolute Gasteiger partial charge is 0.158 e. The number of Topliss-reactive ketones (excluding diaryl/α,β-unsaturated/α-hetero) is 2. The van der Waals surface area contributed by atoms with Crippen molar-refractivity contribution in [2.24, 2.45) is 11.8 Å².